The second-order valence-electron chi connectivity index (χ2n) is 4.95. The molecule has 1 aromatic carbocycles. The van der Waals surface area contributed by atoms with Crippen LogP contribution in [-0.2, 0) is 4.79 Å². The summed E-state index contributed by atoms with van der Waals surface area (Å²) in [6.07, 6.45) is 2.29. The monoisotopic (exact) mass is 279 g/mol. The van der Waals surface area contributed by atoms with Crippen molar-refractivity contribution in [3.8, 4) is 11.5 Å². The lowest BCUT2D eigenvalue weighted by Crippen LogP contribution is -2.26. The predicted octanol–water partition coefficient (Wildman–Crippen LogP) is 2.32. The molecule has 0 radical (unpaired) electrons. The maximum Gasteiger partial charge on any atom is 0.304 e. The zero-order chi connectivity index (χ0) is 14.5. The number of hydrogen-bond acceptors (Lipinski definition) is 4. The molecule has 1 N–H and O–H groups in total. The molecular formula is C15H21NO4. The van der Waals surface area contributed by atoms with E-state index in [1.54, 1.807) is 14.2 Å². The van der Waals surface area contributed by atoms with Crippen molar-refractivity contribution in [3.63, 3.8) is 0 Å². The Balaban J connectivity index is 2.18. The van der Waals surface area contributed by atoms with Gasteiger partial charge in [0.15, 0.2) is 0 Å². The van der Waals surface area contributed by atoms with Crippen LogP contribution in [0.25, 0.3) is 0 Å². The standard InChI is InChI=1S/C15H21NO4/c1-19-11-5-6-12(14(10-11)20-2)13-4-3-8-16(13)9-7-15(17)18/h5-6,10,13H,3-4,7-9H2,1-2H3,(H,17,18)/t13-/m0/s1. The number of nitrogens with zero attached hydrogens (tertiary/aromatic N) is 1. The number of likely N-dealkylation sites (tertiary alicyclic amines) is 1. The van der Waals surface area contributed by atoms with Crippen LogP contribution >= 0.6 is 0 Å². The van der Waals surface area contributed by atoms with E-state index < -0.39 is 5.97 Å². The Bertz CT molecular complexity index is 475. The molecule has 0 amide bonds. The van der Waals surface area contributed by atoms with Crippen LogP contribution < -0.4 is 9.47 Å². The number of benzene rings is 1. The molecule has 5 heteroatoms. The Morgan fingerprint density at radius 2 is 2.20 bits per heavy atom. The largest absolute Gasteiger partial charge is 0.497 e. The van der Waals surface area contributed by atoms with Crippen LogP contribution in [-0.4, -0.2) is 43.3 Å². The molecule has 1 atom stereocenters. The van der Waals surface area contributed by atoms with Gasteiger partial charge in [-0.1, -0.05) is 6.07 Å². The summed E-state index contributed by atoms with van der Waals surface area (Å²) in [4.78, 5) is 13.0. The van der Waals surface area contributed by atoms with Gasteiger partial charge in [-0.3, -0.25) is 9.69 Å². The number of carboxylic acids is 1. The highest BCUT2D eigenvalue weighted by molar-refractivity contribution is 5.66. The molecule has 1 fully saturated rings. The summed E-state index contributed by atoms with van der Waals surface area (Å²) < 4.78 is 10.7. The Labute approximate surface area is 119 Å². The molecule has 1 aliphatic heterocycles. The highest BCUT2D eigenvalue weighted by atomic mass is 16.5. The van der Waals surface area contributed by atoms with Crippen molar-refractivity contribution in [2.24, 2.45) is 0 Å². The van der Waals surface area contributed by atoms with Crippen molar-refractivity contribution < 1.29 is 19.4 Å². The minimum absolute atomic E-state index is 0.176. The van der Waals surface area contributed by atoms with E-state index in [1.807, 2.05) is 18.2 Å². The van der Waals surface area contributed by atoms with Gasteiger partial charge in [0.25, 0.3) is 0 Å². The first-order valence-electron chi connectivity index (χ1n) is 6.83. The normalized spacial score (nSPS) is 19.0. The summed E-state index contributed by atoms with van der Waals surface area (Å²) in [5.41, 5.74) is 1.11. The van der Waals surface area contributed by atoms with Gasteiger partial charge in [0.05, 0.1) is 20.6 Å². The lowest BCUT2D eigenvalue weighted by molar-refractivity contribution is -0.137. The first-order chi connectivity index (χ1) is 9.65. The number of carboxylic acid groups (broad SMARTS) is 1. The third-order valence-electron chi connectivity index (χ3n) is 3.78. The summed E-state index contributed by atoms with van der Waals surface area (Å²) in [6, 6.07) is 6.05. The minimum atomic E-state index is -0.752. The topological polar surface area (TPSA) is 59.0 Å². The van der Waals surface area contributed by atoms with Crippen LogP contribution in [0.4, 0.5) is 0 Å². The van der Waals surface area contributed by atoms with E-state index in [0.29, 0.717) is 6.54 Å². The summed E-state index contributed by atoms with van der Waals surface area (Å²) >= 11 is 0. The third-order valence-corrected chi connectivity index (χ3v) is 3.78. The molecule has 1 aliphatic rings. The number of hydrogen-bond donors (Lipinski definition) is 1. The molecule has 2 rings (SSSR count). The SMILES string of the molecule is COc1ccc([C@@H]2CCCN2CCC(=O)O)c(OC)c1. The van der Waals surface area contributed by atoms with Crippen LogP contribution in [0, 0.1) is 0 Å². The Hall–Kier alpha value is -1.75. The molecule has 1 saturated heterocycles. The number of ether oxygens (including phenoxy) is 2. The number of methoxy groups -OCH3 is 2. The van der Waals surface area contributed by atoms with Crippen LogP contribution in [0.5, 0.6) is 11.5 Å². The molecule has 0 aromatic heterocycles. The van der Waals surface area contributed by atoms with E-state index in [1.165, 1.54) is 0 Å². The van der Waals surface area contributed by atoms with E-state index >= 15 is 0 Å². The number of aliphatic carboxylic acids is 1. The summed E-state index contributed by atoms with van der Waals surface area (Å²) in [6.45, 7) is 1.52. The maximum atomic E-state index is 10.7. The molecule has 110 valence electrons. The van der Waals surface area contributed by atoms with Crippen molar-refractivity contribution >= 4 is 5.97 Å². The molecule has 1 aromatic rings. The summed E-state index contributed by atoms with van der Waals surface area (Å²) in [5, 5.41) is 8.83. The second kappa shape index (κ2) is 6.61. The van der Waals surface area contributed by atoms with Crippen molar-refractivity contribution in [2.75, 3.05) is 27.3 Å². The van der Waals surface area contributed by atoms with Gasteiger partial charge in [-0.25, -0.2) is 0 Å². The first kappa shape index (κ1) is 14.7. The maximum absolute atomic E-state index is 10.7. The van der Waals surface area contributed by atoms with Gasteiger partial charge in [-0.2, -0.15) is 0 Å². The lowest BCUT2D eigenvalue weighted by Gasteiger charge is -2.25. The highest BCUT2D eigenvalue weighted by Crippen LogP contribution is 2.38. The molecule has 0 aliphatic carbocycles. The smallest absolute Gasteiger partial charge is 0.304 e. The lowest BCUT2D eigenvalue weighted by atomic mass is 10.0. The van der Waals surface area contributed by atoms with E-state index in [0.717, 1.165) is 36.4 Å². The summed E-state index contributed by atoms with van der Waals surface area (Å²) in [5.74, 6) is 0.814. The van der Waals surface area contributed by atoms with E-state index in [2.05, 4.69) is 4.90 Å². The van der Waals surface area contributed by atoms with Crippen LogP contribution in [0.3, 0.4) is 0 Å². The Morgan fingerprint density at radius 3 is 2.85 bits per heavy atom. The van der Waals surface area contributed by atoms with Crippen LogP contribution in [0.2, 0.25) is 0 Å². The van der Waals surface area contributed by atoms with Crippen LogP contribution in [0.15, 0.2) is 18.2 Å². The fourth-order valence-electron chi connectivity index (χ4n) is 2.78. The van der Waals surface area contributed by atoms with Gasteiger partial charge in [-0.15, -0.1) is 0 Å². The fourth-order valence-corrected chi connectivity index (χ4v) is 2.78. The van der Waals surface area contributed by atoms with Gasteiger partial charge in [-0.05, 0) is 25.5 Å². The Morgan fingerprint density at radius 1 is 1.40 bits per heavy atom. The zero-order valence-corrected chi connectivity index (χ0v) is 12.0. The minimum Gasteiger partial charge on any atom is -0.497 e. The Kier molecular flexibility index (Phi) is 4.84. The number of carbonyl (C=O) groups is 1. The highest BCUT2D eigenvalue weighted by Gasteiger charge is 2.28. The average molecular weight is 279 g/mol. The van der Waals surface area contributed by atoms with Gasteiger partial charge in [0, 0.05) is 24.2 Å². The second-order valence-corrected chi connectivity index (χ2v) is 4.95. The summed E-state index contributed by atoms with van der Waals surface area (Å²) in [7, 11) is 3.28. The molecular weight excluding hydrogens is 258 g/mol. The van der Waals surface area contributed by atoms with Gasteiger partial charge in [0.2, 0.25) is 0 Å². The average Bonchev–Trinajstić information content (AvgIpc) is 2.92. The molecule has 0 saturated carbocycles. The van der Waals surface area contributed by atoms with Crippen molar-refractivity contribution in [3.05, 3.63) is 23.8 Å². The van der Waals surface area contributed by atoms with E-state index in [4.69, 9.17) is 14.6 Å². The van der Waals surface area contributed by atoms with E-state index in [9.17, 15) is 4.79 Å². The first-order valence-corrected chi connectivity index (χ1v) is 6.83. The van der Waals surface area contributed by atoms with Gasteiger partial charge < -0.3 is 14.6 Å². The molecule has 0 bridgehead atoms. The van der Waals surface area contributed by atoms with Gasteiger partial charge in [0.1, 0.15) is 11.5 Å². The van der Waals surface area contributed by atoms with Gasteiger partial charge >= 0.3 is 5.97 Å². The predicted molar refractivity (Wildman–Crippen MR) is 75.3 cm³/mol. The van der Waals surface area contributed by atoms with Crippen molar-refractivity contribution in [2.45, 2.75) is 25.3 Å². The fraction of sp³-hybridized carbons (Fsp3) is 0.533. The quantitative estimate of drug-likeness (QED) is 0.866. The molecule has 0 spiro atoms. The molecule has 20 heavy (non-hydrogen) atoms. The van der Waals surface area contributed by atoms with Crippen LogP contribution in [0.1, 0.15) is 30.9 Å². The van der Waals surface area contributed by atoms with Crippen molar-refractivity contribution in [1.82, 2.24) is 4.90 Å². The molecule has 0 unspecified atom stereocenters. The third kappa shape index (κ3) is 3.22. The van der Waals surface area contributed by atoms with Crippen molar-refractivity contribution in [1.29, 1.82) is 0 Å². The molecule has 5 nitrogen and oxygen atoms in total. The molecule has 1 heterocycles. The van der Waals surface area contributed by atoms with E-state index in [-0.39, 0.29) is 12.5 Å². The number of rotatable bonds is 6. The zero-order valence-electron chi connectivity index (χ0n) is 12.0.